The quantitative estimate of drug-likeness (QED) is 0.818. The number of anilines is 1. The molecule has 7 heteroatoms. The lowest BCUT2D eigenvalue weighted by Crippen LogP contribution is -2.37. The fourth-order valence-electron chi connectivity index (χ4n) is 2.84. The lowest BCUT2D eigenvalue weighted by molar-refractivity contribution is -0.147. The first kappa shape index (κ1) is 17.3. The van der Waals surface area contributed by atoms with Gasteiger partial charge in [0.2, 0.25) is 5.91 Å². The molecule has 25 heavy (non-hydrogen) atoms. The van der Waals surface area contributed by atoms with Gasteiger partial charge in [0.05, 0.1) is 5.41 Å². The minimum absolute atomic E-state index is 0.0123. The fraction of sp³-hybridized carbons (Fsp3) is 0.500. The number of amides is 2. The van der Waals surface area contributed by atoms with E-state index in [0.29, 0.717) is 24.4 Å². The fourth-order valence-corrected chi connectivity index (χ4v) is 2.84. The lowest BCUT2D eigenvalue weighted by Gasteiger charge is -2.20. The molecule has 2 amide bonds. The molecule has 1 aromatic carbocycles. The molecule has 1 atom stereocenters. The molecule has 3 rings (SSSR count). The van der Waals surface area contributed by atoms with Crippen LogP contribution in [-0.4, -0.2) is 47.5 Å². The number of nitrogens with zero attached hydrogens (tertiary/aromatic N) is 1. The molecule has 1 aliphatic carbocycles. The Kier molecular flexibility index (Phi) is 4.65. The van der Waals surface area contributed by atoms with Gasteiger partial charge in [0.15, 0.2) is 6.61 Å². The van der Waals surface area contributed by atoms with Crippen molar-refractivity contribution in [3.8, 4) is 5.75 Å². The van der Waals surface area contributed by atoms with Crippen molar-refractivity contribution in [1.29, 1.82) is 0 Å². The Morgan fingerprint density at radius 2 is 2.12 bits per heavy atom. The second-order valence-electron chi connectivity index (χ2n) is 7.01. The second-order valence-corrected chi connectivity index (χ2v) is 7.01. The average molecular weight is 346 g/mol. The lowest BCUT2D eigenvalue weighted by atomic mass is 9.90. The number of ether oxygens (including phenoxy) is 1. The first-order valence-electron chi connectivity index (χ1n) is 8.42. The molecule has 134 valence electrons. The van der Waals surface area contributed by atoms with Gasteiger partial charge < -0.3 is 20.1 Å². The van der Waals surface area contributed by atoms with Gasteiger partial charge >= 0.3 is 5.97 Å². The second kappa shape index (κ2) is 6.74. The van der Waals surface area contributed by atoms with E-state index >= 15 is 0 Å². The van der Waals surface area contributed by atoms with Crippen LogP contribution in [0.3, 0.4) is 0 Å². The van der Waals surface area contributed by atoms with Crippen molar-refractivity contribution in [2.45, 2.75) is 26.2 Å². The number of hydrogen-bond donors (Lipinski definition) is 2. The molecule has 0 aromatic heterocycles. The summed E-state index contributed by atoms with van der Waals surface area (Å²) in [6, 6.07) is 6.91. The molecule has 1 heterocycles. The zero-order valence-corrected chi connectivity index (χ0v) is 14.2. The van der Waals surface area contributed by atoms with E-state index in [2.05, 4.69) is 5.32 Å². The van der Waals surface area contributed by atoms with Gasteiger partial charge in [-0.05, 0) is 38.3 Å². The van der Waals surface area contributed by atoms with Crippen LogP contribution in [0.25, 0.3) is 0 Å². The van der Waals surface area contributed by atoms with Crippen LogP contribution in [0.4, 0.5) is 5.69 Å². The summed E-state index contributed by atoms with van der Waals surface area (Å²) >= 11 is 0. The number of nitrogens with one attached hydrogen (secondary N) is 1. The minimum Gasteiger partial charge on any atom is -0.484 e. The van der Waals surface area contributed by atoms with E-state index in [0.717, 1.165) is 12.8 Å². The Hall–Kier alpha value is -2.57. The zero-order chi connectivity index (χ0) is 18.0. The highest BCUT2D eigenvalue weighted by molar-refractivity contribution is 5.94. The smallest absolute Gasteiger partial charge is 0.311 e. The topological polar surface area (TPSA) is 95.9 Å². The van der Waals surface area contributed by atoms with Crippen LogP contribution in [0, 0.1) is 11.3 Å². The number of hydrogen-bond acceptors (Lipinski definition) is 4. The third-order valence-electron chi connectivity index (χ3n) is 4.75. The summed E-state index contributed by atoms with van der Waals surface area (Å²) in [6.07, 6.45) is 2.31. The van der Waals surface area contributed by atoms with Gasteiger partial charge in [0.25, 0.3) is 5.91 Å². The van der Waals surface area contributed by atoms with Gasteiger partial charge in [-0.1, -0.05) is 6.07 Å². The maximum Gasteiger partial charge on any atom is 0.311 e. The zero-order valence-electron chi connectivity index (χ0n) is 14.2. The maximum absolute atomic E-state index is 12.2. The van der Waals surface area contributed by atoms with E-state index in [9.17, 15) is 19.5 Å². The summed E-state index contributed by atoms with van der Waals surface area (Å²) in [4.78, 5) is 36.8. The van der Waals surface area contributed by atoms with Crippen LogP contribution in [0.15, 0.2) is 24.3 Å². The molecule has 0 bridgehead atoms. The highest BCUT2D eigenvalue weighted by Gasteiger charge is 2.42. The van der Waals surface area contributed by atoms with Crippen molar-refractivity contribution in [1.82, 2.24) is 4.90 Å². The van der Waals surface area contributed by atoms with Gasteiger partial charge in [-0.2, -0.15) is 0 Å². The SMILES string of the molecule is CC1(C(=O)O)CCN(C(=O)COc2cccc(NC(=O)C3CC3)c2)C1. The summed E-state index contributed by atoms with van der Waals surface area (Å²) in [7, 11) is 0. The third-order valence-corrected chi connectivity index (χ3v) is 4.75. The number of carboxylic acid groups (broad SMARTS) is 1. The van der Waals surface area contributed by atoms with Crippen LogP contribution < -0.4 is 10.1 Å². The first-order valence-corrected chi connectivity index (χ1v) is 8.42. The average Bonchev–Trinajstić information content (AvgIpc) is 3.35. The summed E-state index contributed by atoms with van der Waals surface area (Å²) in [5, 5.41) is 12.1. The van der Waals surface area contributed by atoms with Crippen molar-refractivity contribution in [2.75, 3.05) is 25.0 Å². The van der Waals surface area contributed by atoms with Crippen molar-refractivity contribution in [3.63, 3.8) is 0 Å². The van der Waals surface area contributed by atoms with Crippen LogP contribution in [0.1, 0.15) is 26.2 Å². The van der Waals surface area contributed by atoms with Crippen LogP contribution in [0.2, 0.25) is 0 Å². The standard InChI is InChI=1S/C18H22N2O5/c1-18(17(23)24)7-8-20(11-18)15(21)10-25-14-4-2-3-13(9-14)19-16(22)12-5-6-12/h2-4,9,12H,5-8,10-11H2,1H3,(H,19,22)(H,23,24). The van der Waals surface area contributed by atoms with Gasteiger partial charge in [-0.3, -0.25) is 14.4 Å². The van der Waals surface area contributed by atoms with E-state index in [1.54, 1.807) is 31.2 Å². The number of carboxylic acids is 1. The number of carbonyl (C=O) groups is 3. The molecule has 2 aliphatic rings. The van der Waals surface area contributed by atoms with Crippen LogP contribution >= 0.6 is 0 Å². The van der Waals surface area contributed by atoms with Crippen molar-refractivity contribution in [2.24, 2.45) is 11.3 Å². The predicted molar refractivity (Wildman–Crippen MR) is 90.2 cm³/mol. The van der Waals surface area contributed by atoms with Gasteiger partial charge in [0.1, 0.15) is 5.75 Å². The number of carbonyl (C=O) groups excluding carboxylic acids is 2. The normalized spacial score (nSPS) is 22.5. The third kappa shape index (κ3) is 4.10. The molecule has 1 aromatic rings. The van der Waals surface area contributed by atoms with Crippen molar-refractivity contribution >= 4 is 23.5 Å². The summed E-state index contributed by atoms with van der Waals surface area (Å²) in [5.41, 5.74) is -0.246. The molecule has 1 aliphatic heterocycles. The Morgan fingerprint density at radius 3 is 2.76 bits per heavy atom. The minimum atomic E-state index is -0.886. The summed E-state index contributed by atoms with van der Waals surface area (Å²) in [5.74, 6) is -0.509. The molecule has 1 saturated heterocycles. The predicted octanol–water partition coefficient (Wildman–Crippen LogP) is 1.74. The van der Waals surface area contributed by atoms with Gasteiger partial charge in [-0.15, -0.1) is 0 Å². The number of likely N-dealkylation sites (tertiary alicyclic amines) is 1. The Morgan fingerprint density at radius 1 is 1.36 bits per heavy atom. The van der Waals surface area contributed by atoms with Gasteiger partial charge in [-0.25, -0.2) is 0 Å². The molecule has 7 nitrogen and oxygen atoms in total. The number of benzene rings is 1. The molecular weight excluding hydrogens is 324 g/mol. The number of aliphatic carboxylic acids is 1. The van der Waals surface area contributed by atoms with Gasteiger partial charge in [0, 0.05) is 30.8 Å². The highest BCUT2D eigenvalue weighted by atomic mass is 16.5. The summed E-state index contributed by atoms with van der Waals surface area (Å²) < 4.78 is 5.52. The van der Waals surface area contributed by atoms with Crippen molar-refractivity contribution < 1.29 is 24.2 Å². The molecule has 1 saturated carbocycles. The summed E-state index contributed by atoms with van der Waals surface area (Å²) in [6.45, 7) is 2.11. The van der Waals surface area contributed by atoms with E-state index in [1.165, 1.54) is 4.90 Å². The Balaban J connectivity index is 1.52. The molecule has 1 unspecified atom stereocenters. The Labute approximate surface area is 146 Å². The van der Waals surface area contributed by atoms with E-state index in [4.69, 9.17) is 4.74 Å². The van der Waals surface area contributed by atoms with Crippen LogP contribution in [-0.2, 0) is 14.4 Å². The van der Waals surface area contributed by atoms with E-state index < -0.39 is 11.4 Å². The highest BCUT2D eigenvalue weighted by Crippen LogP contribution is 2.31. The monoisotopic (exact) mass is 346 g/mol. The molecular formula is C18H22N2O5. The van der Waals surface area contributed by atoms with Crippen LogP contribution in [0.5, 0.6) is 5.75 Å². The maximum atomic E-state index is 12.2. The largest absolute Gasteiger partial charge is 0.484 e. The molecule has 2 fully saturated rings. The Bertz CT molecular complexity index is 700. The molecule has 0 spiro atoms. The molecule has 2 N–H and O–H groups in total. The first-order chi connectivity index (χ1) is 11.9. The van der Waals surface area contributed by atoms with E-state index in [1.807, 2.05) is 0 Å². The van der Waals surface area contributed by atoms with E-state index in [-0.39, 0.29) is 30.9 Å². The van der Waals surface area contributed by atoms with Crippen molar-refractivity contribution in [3.05, 3.63) is 24.3 Å². The number of rotatable bonds is 6. The molecule has 0 radical (unpaired) electrons.